The topological polar surface area (TPSA) is 50.4 Å². The van der Waals surface area contributed by atoms with Crippen molar-refractivity contribution in [3.63, 3.8) is 0 Å². The highest BCUT2D eigenvalue weighted by Gasteiger charge is 2.17. The van der Waals surface area contributed by atoms with Crippen molar-refractivity contribution in [1.82, 2.24) is 5.32 Å². The molecule has 0 saturated carbocycles. The minimum Gasteiger partial charge on any atom is -0.364 e. The number of aliphatic imine (C=N–C) groups is 1. The van der Waals surface area contributed by atoms with Gasteiger partial charge >= 0.3 is 0 Å². The third kappa shape index (κ3) is 3.01. The van der Waals surface area contributed by atoms with Gasteiger partial charge in [-0.25, -0.2) is 0 Å². The summed E-state index contributed by atoms with van der Waals surface area (Å²) in [5.41, 5.74) is 5.34. The molecule has 11 heavy (non-hydrogen) atoms. The summed E-state index contributed by atoms with van der Waals surface area (Å²) >= 11 is 5.21. The molecular weight excluding hydrogens is 226 g/mol. The molecule has 0 aliphatic carbocycles. The van der Waals surface area contributed by atoms with Gasteiger partial charge in [-0.05, 0) is 0 Å². The quantitative estimate of drug-likeness (QED) is 0.700. The second-order valence-corrected chi connectivity index (χ2v) is 4.19. The Balaban J connectivity index is 2.17. The van der Waals surface area contributed by atoms with Gasteiger partial charge in [0.2, 0.25) is 0 Å². The van der Waals surface area contributed by atoms with Gasteiger partial charge in [-0.1, -0.05) is 27.7 Å². The second kappa shape index (κ2) is 5.00. The van der Waals surface area contributed by atoms with Crippen LogP contribution in [-0.2, 0) is 0 Å². The third-order valence-corrected chi connectivity index (χ3v) is 3.67. The van der Waals surface area contributed by atoms with E-state index in [-0.39, 0.29) is 0 Å². The molecule has 0 aromatic heterocycles. The molecule has 3 nitrogen and oxygen atoms in total. The SMILES string of the molecule is NCCNC1=NC[C@@H](CBr)S1. The smallest absolute Gasteiger partial charge is 0.156 e. The molecule has 0 bridgehead atoms. The van der Waals surface area contributed by atoms with Crippen molar-refractivity contribution in [2.75, 3.05) is 25.0 Å². The molecular formula is C6H12BrN3S. The first-order valence-corrected chi connectivity index (χ1v) is 5.58. The van der Waals surface area contributed by atoms with Crippen LogP contribution in [0.5, 0.6) is 0 Å². The number of hydrogen-bond donors (Lipinski definition) is 2. The highest BCUT2D eigenvalue weighted by molar-refractivity contribution is 9.09. The Hall–Kier alpha value is 0.260. The fourth-order valence-electron chi connectivity index (χ4n) is 0.774. The number of nitrogens with two attached hydrogens (primary N) is 1. The minimum absolute atomic E-state index is 0.607. The second-order valence-electron chi connectivity index (χ2n) is 2.26. The monoisotopic (exact) mass is 237 g/mol. The summed E-state index contributed by atoms with van der Waals surface area (Å²) in [4.78, 5) is 4.31. The molecule has 0 amide bonds. The van der Waals surface area contributed by atoms with Crippen LogP contribution in [-0.4, -0.2) is 35.4 Å². The first-order valence-electron chi connectivity index (χ1n) is 3.58. The Kier molecular flexibility index (Phi) is 4.25. The standard InChI is InChI=1S/C6H12BrN3S/c7-3-5-4-10-6(11-5)9-2-1-8/h5H,1-4,8H2,(H,9,10)/t5-/m1/s1. The zero-order valence-corrected chi connectivity index (χ0v) is 8.62. The van der Waals surface area contributed by atoms with E-state index < -0.39 is 0 Å². The Labute approximate surface area is 79.3 Å². The van der Waals surface area contributed by atoms with Gasteiger partial charge in [-0.15, -0.1) is 0 Å². The molecule has 1 heterocycles. The highest BCUT2D eigenvalue weighted by Crippen LogP contribution is 2.20. The summed E-state index contributed by atoms with van der Waals surface area (Å²) in [6, 6.07) is 0. The van der Waals surface area contributed by atoms with Crippen LogP contribution in [0.4, 0.5) is 0 Å². The summed E-state index contributed by atoms with van der Waals surface area (Å²) in [5, 5.41) is 5.82. The maximum Gasteiger partial charge on any atom is 0.156 e. The van der Waals surface area contributed by atoms with Crippen LogP contribution in [0.2, 0.25) is 0 Å². The van der Waals surface area contributed by atoms with Crippen molar-refractivity contribution in [3.05, 3.63) is 0 Å². The zero-order chi connectivity index (χ0) is 8.10. The van der Waals surface area contributed by atoms with Gasteiger partial charge in [0, 0.05) is 23.7 Å². The van der Waals surface area contributed by atoms with Crippen LogP contribution < -0.4 is 11.1 Å². The van der Waals surface area contributed by atoms with Crippen molar-refractivity contribution in [3.8, 4) is 0 Å². The van der Waals surface area contributed by atoms with Crippen LogP contribution in [0.1, 0.15) is 0 Å². The highest BCUT2D eigenvalue weighted by atomic mass is 79.9. The van der Waals surface area contributed by atoms with Crippen LogP contribution >= 0.6 is 27.7 Å². The van der Waals surface area contributed by atoms with Crippen LogP contribution in [0, 0.1) is 0 Å². The predicted molar refractivity (Wildman–Crippen MR) is 54.5 cm³/mol. The molecule has 0 spiro atoms. The fourth-order valence-corrected chi connectivity index (χ4v) is 2.24. The van der Waals surface area contributed by atoms with Gasteiger partial charge in [-0.2, -0.15) is 0 Å². The summed E-state index contributed by atoms with van der Waals surface area (Å²) in [6.07, 6.45) is 0. The van der Waals surface area contributed by atoms with Crippen LogP contribution in [0.3, 0.4) is 0 Å². The van der Waals surface area contributed by atoms with E-state index in [2.05, 4.69) is 26.2 Å². The fraction of sp³-hybridized carbons (Fsp3) is 0.833. The van der Waals surface area contributed by atoms with E-state index in [0.29, 0.717) is 11.8 Å². The van der Waals surface area contributed by atoms with Gasteiger partial charge in [-0.3, -0.25) is 4.99 Å². The van der Waals surface area contributed by atoms with Crippen LogP contribution in [0.15, 0.2) is 4.99 Å². The maximum atomic E-state index is 5.34. The van der Waals surface area contributed by atoms with E-state index >= 15 is 0 Å². The molecule has 1 rings (SSSR count). The Morgan fingerprint density at radius 1 is 1.82 bits per heavy atom. The summed E-state index contributed by atoms with van der Waals surface area (Å²) in [7, 11) is 0. The number of thioether (sulfide) groups is 1. The normalized spacial score (nSPS) is 23.5. The molecule has 64 valence electrons. The van der Waals surface area contributed by atoms with Crippen LogP contribution in [0.25, 0.3) is 0 Å². The number of nitrogens with zero attached hydrogens (tertiary/aromatic N) is 1. The lowest BCUT2D eigenvalue weighted by Crippen LogP contribution is -2.26. The Bertz CT molecular complexity index is 151. The van der Waals surface area contributed by atoms with E-state index in [1.807, 2.05) is 0 Å². The van der Waals surface area contributed by atoms with Crippen molar-refractivity contribution < 1.29 is 0 Å². The molecule has 3 N–H and O–H groups in total. The first-order chi connectivity index (χ1) is 5.36. The molecule has 0 saturated heterocycles. The number of rotatable bonds is 3. The molecule has 0 radical (unpaired) electrons. The van der Waals surface area contributed by atoms with Crippen molar-refractivity contribution >= 4 is 32.9 Å². The average molecular weight is 238 g/mol. The van der Waals surface area contributed by atoms with E-state index in [9.17, 15) is 0 Å². The summed E-state index contributed by atoms with van der Waals surface area (Å²) in [6.45, 7) is 2.40. The molecule has 1 atom stereocenters. The lowest BCUT2D eigenvalue weighted by molar-refractivity contribution is 0.879. The Morgan fingerprint density at radius 2 is 2.64 bits per heavy atom. The van der Waals surface area contributed by atoms with Gasteiger partial charge < -0.3 is 11.1 Å². The minimum atomic E-state index is 0.607. The molecule has 1 aliphatic rings. The van der Waals surface area contributed by atoms with Gasteiger partial charge in [0.1, 0.15) is 0 Å². The van der Waals surface area contributed by atoms with Gasteiger partial charge in [0.25, 0.3) is 0 Å². The van der Waals surface area contributed by atoms with Gasteiger partial charge in [0.15, 0.2) is 5.17 Å². The molecule has 0 aromatic rings. The molecule has 1 aliphatic heterocycles. The summed E-state index contributed by atoms with van der Waals surface area (Å²) < 4.78 is 0. The van der Waals surface area contributed by atoms with E-state index in [1.165, 1.54) is 0 Å². The number of hydrogen-bond acceptors (Lipinski definition) is 4. The Morgan fingerprint density at radius 3 is 3.18 bits per heavy atom. The van der Waals surface area contributed by atoms with E-state index in [0.717, 1.165) is 23.6 Å². The number of amidine groups is 1. The maximum absolute atomic E-state index is 5.34. The largest absolute Gasteiger partial charge is 0.364 e. The van der Waals surface area contributed by atoms with Crippen molar-refractivity contribution in [1.29, 1.82) is 0 Å². The lowest BCUT2D eigenvalue weighted by Gasteiger charge is -2.04. The molecule has 0 aromatic carbocycles. The van der Waals surface area contributed by atoms with Gasteiger partial charge in [0.05, 0.1) is 6.54 Å². The number of nitrogens with one attached hydrogen (secondary N) is 1. The molecule has 0 unspecified atom stereocenters. The number of alkyl halides is 1. The zero-order valence-electron chi connectivity index (χ0n) is 6.22. The molecule has 0 fully saturated rings. The van der Waals surface area contributed by atoms with E-state index in [4.69, 9.17) is 5.73 Å². The van der Waals surface area contributed by atoms with E-state index in [1.54, 1.807) is 11.8 Å². The number of halogens is 1. The van der Waals surface area contributed by atoms with Crippen molar-refractivity contribution in [2.45, 2.75) is 5.25 Å². The average Bonchev–Trinajstić information content (AvgIpc) is 2.48. The summed E-state index contributed by atoms with van der Waals surface area (Å²) in [5.74, 6) is 0. The third-order valence-electron chi connectivity index (χ3n) is 1.31. The predicted octanol–water partition coefficient (Wildman–Crippen LogP) is 0.401. The van der Waals surface area contributed by atoms with Crippen molar-refractivity contribution in [2.24, 2.45) is 10.7 Å². The first kappa shape index (κ1) is 9.35. The molecule has 5 heteroatoms. The lowest BCUT2D eigenvalue weighted by atomic mass is 10.5.